The maximum atomic E-state index is 12.8. The molecule has 2 aromatic carbocycles. The summed E-state index contributed by atoms with van der Waals surface area (Å²) in [5.41, 5.74) is 0.814. The molecule has 0 fully saturated rings. The number of para-hydroxylation sites is 2. The van der Waals surface area contributed by atoms with E-state index in [0.717, 1.165) is 4.90 Å². The largest absolute Gasteiger partial charge is 0.462 e. The second kappa shape index (κ2) is 7.41. The maximum Gasteiger partial charge on any atom is 0.340 e. The number of hydrogen-bond acceptors (Lipinski definition) is 5. The van der Waals surface area contributed by atoms with Crippen molar-refractivity contribution in [1.82, 2.24) is 0 Å². The van der Waals surface area contributed by atoms with E-state index in [2.05, 4.69) is 5.32 Å². The van der Waals surface area contributed by atoms with Gasteiger partial charge in [0.25, 0.3) is 11.8 Å². The van der Waals surface area contributed by atoms with Crippen molar-refractivity contribution in [3.63, 3.8) is 0 Å². The van der Waals surface area contributed by atoms with Gasteiger partial charge in [-0.3, -0.25) is 9.59 Å². The van der Waals surface area contributed by atoms with E-state index in [1.165, 1.54) is 12.1 Å². The van der Waals surface area contributed by atoms with Gasteiger partial charge in [0.05, 0.1) is 17.9 Å². The van der Waals surface area contributed by atoms with Crippen LogP contribution in [0.2, 0.25) is 0 Å². The highest BCUT2D eigenvalue weighted by molar-refractivity contribution is 6.53. The fourth-order valence-electron chi connectivity index (χ4n) is 2.55. The zero-order valence-corrected chi connectivity index (χ0v) is 14.6. The molecule has 3 rings (SSSR count). The molecule has 7 heteroatoms. The van der Waals surface area contributed by atoms with Crippen LogP contribution in [0.1, 0.15) is 17.3 Å². The summed E-state index contributed by atoms with van der Waals surface area (Å²) in [6.45, 7) is 1.85. The molecular formula is C19H15ClN2O4. The van der Waals surface area contributed by atoms with E-state index in [-0.39, 0.29) is 28.6 Å². The van der Waals surface area contributed by atoms with E-state index >= 15 is 0 Å². The third-order valence-electron chi connectivity index (χ3n) is 3.71. The van der Waals surface area contributed by atoms with E-state index in [4.69, 9.17) is 16.3 Å². The lowest BCUT2D eigenvalue weighted by Crippen LogP contribution is -2.33. The number of ether oxygens (including phenoxy) is 1. The van der Waals surface area contributed by atoms with Crippen molar-refractivity contribution in [3.8, 4) is 0 Å². The molecule has 0 unspecified atom stereocenters. The number of imide groups is 1. The van der Waals surface area contributed by atoms with Gasteiger partial charge in [-0.1, -0.05) is 41.9 Å². The van der Waals surface area contributed by atoms with Gasteiger partial charge in [-0.25, -0.2) is 9.69 Å². The average molecular weight is 371 g/mol. The Morgan fingerprint density at radius 2 is 1.69 bits per heavy atom. The quantitative estimate of drug-likeness (QED) is 0.645. The lowest BCUT2D eigenvalue weighted by atomic mass is 10.1. The van der Waals surface area contributed by atoms with Crippen molar-refractivity contribution in [2.75, 3.05) is 16.8 Å². The summed E-state index contributed by atoms with van der Waals surface area (Å²) >= 11 is 6.10. The molecule has 1 aliphatic heterocycles. The van der Waals surface area contributed by atoms with Gasteiger partial charge in [-0.2, -0.15) is 0 Å². The van der Waals surface area contributed by atoms with E-state index in [1.54, 1.807) is 43.3 Å². The van der Waals surface area contributed by atoms with E-state index in [0.29, 0.717) is 5.69 Å². The number of halogens is 1. The lowest BCUT2D eigenvalue weighted by Gasteiger charge is -2.18. The van der Waals surface area contributed by atoms with Gasteiger partial charge in [0.1, 0.15) is 10.7 Å². The normalized spacial score (nSPS) is 14.0. The SMILES string of the molecule is CCOC(=O)c1ccccc1N1C(=O)C(Cl)=C(Nc2ccccc2)C1=O. The van der Waals surface area contributed by atoms with Gasteiger partial charge in [-0.05, 0) is 31.2 Å². The van der Waals surface area contributed by atoms with Crippen molar-refractivity contribution < 1.29 is 19.1 Å². The molecule has 1 aliphatic rings. The number of carbonyl (C=O) groups is 3. The molecule has 0 aromatic heterocycles. The van der Waals surface area contributed by atoms with Crippen LogP contribution < -0.4 is 10.2 Å². The summed E-state index contributed by atoms with van der Waals surface area (Å²) in [7, 11) is 0. The van der Waals surface area contributed by atoms with Crippen LogP contribution in [0.5, 0.6) is 0 Å². The third-order valence-corrected chi connectivity index (χ3v) is 4.06. The minimum absolute atomic E-state index is 0.0403. The highest BCUT2D eigenvalue weighted by Crippen LogP contribution is 2.32. The van der Waals surface area contributed by atoms with Gasteiger partial charge in [-0.15, -0.1) is 0 Å². The number of esters is 1. The monoisotopic (exact) mass is 370 g/mol. The van der Waals surface area contributed by atoms with Crippen LogP contribution in [0, 0.1) is 0 Å². The minimum atomic E-state index is -0.702. The molecule has 0 saturated heterocycles. The second-order valence-corrected chi connectivity index (χ2v) is 5.74. The number of anilines is 2. The molecule has 0 atom stereocenters. The molecule has 0 spiro atoms. The fourth-order valence-corrected chi connectivity index (χ4v) is 2.76. The number of nitrogens with zero attached hydrogens (tertiary/aromatic N) is 1. The number of rotatable bonds is 5. The molecule has 2 amide bonds. The van der Waals surface area contributed by atoms with Crippen LogP contribution >= 0.6 is 11.6 Å². The molecular weight excluding hydrogens is 356 g/mol. The predicted molar refractivity (Wildman–Crippen MR) is 97.8 cm³/mol. The summed E-state index contributed by atoms with van der Waals surface area (Å²) in [5.74, 6) is -1.96. The Morgan fingerprint density at radius 1 is 1.04 bits per heavy atom. The first kappa shape index (κ1) is 17.7. The molecule has 2 aromatic rings. The smallest absolute Gasteiger partial charge is 0.340 e. The minimum Gasteiger partial charge on any atom is -0.462 e. The molecule has 1 heterocycles. The van der Waals surface area contributed by atoms with Gasteiger partial charge in [0.15, 0.2) is 0 Å². The molecule has 1 N–H and O–H groups in total. The Bertz CT molecular complexity index is 909. The Hall–Kier alpha value is -3.12. The summed E-state index contributed by atoms with van der Waals surface area (Å²) < 4.78 is 5.00. The van der Waals surface area contributed by atoms with E-state index in [1.807, 2.05) is 6.07 Å². The first-order chi connectivity index (χ1) is 12.5. The van der Waals surface area contributed by atoms with Crippen molar-refractivity contribution in [2.45, 2.75) is 6.92 Å². The molecule has 0 saturated carbocycles. The molecule has 132 valence electrons. The maximum absolute atomic E-state index is 12.8. The average Bonchev–Trinajstić information content (AvgIpc) is 2.86. The Balaban J connectivity index is 1.96. The van der Waals surface area contributed by atoms with Crippen LogP contribution in [0.15, 0.2) is 65.3 Å². The van der Waals surface area contributed by atoms with E-state index in [9.17, 15) is 14.4 Å². The zero-order valence-electron chi connectivity index (χ0n) is 13.9. The zero-order chi connectivity index (χ0) is 18.7. The number of nitrogens with one attached hydrogen (secondary N) is 1. The van der Waals surface area contributed by atoms with Crippen LogP contribution in [0.3, 0.4) is 0 Å². The highest BCUT2D eigenvalue weighted by atomic mass is 35.5. The predicted octanol–water partition coefficient (Wildman–Crippen LogP) is 3.30. The number of benzene rings is 2. The third kappa shape index (κ3) is 3.19. The van der Waals surface area contributed by atoms with Crippen molar-refractivity contribution in [1.29, 1.82) is 0 Å². The van der Waals surface area contributed by atoms with Gasteiger partial charge in [0, 0.05) is 5.69 Å². The Kier molecular flexibility index (Phi) is 5.04. The summed E-state index contributed by atoms with van der Waals surface area (Å²) in [6, 6.07) is 15.1. The summed E-state index contributed by atoms with van der Waals surface area (Å²) in [5, 5.41) is 2.63. The highest BCUT2D eigenvalue weighted by Gasteiger charge is 2.40. The Labute approximate surface area is 155 Å². The second-order valence-electron chi connectivity index (χ2n) is 5.36. The molecule has 0 bridgehead atoms. The first-order valence-corrected chi connectivity index (χ1v) is 8.29. The number of amides is 2. The number of carbonyl (C=O) groups excluding carboxylic acids is 3. The molecule has 26 heavy (non-hydrogen) atoms. The summed E-state index contributed by atoms with van der Waals surface area (Å²) in [4.78, 5) is 38.4. The summed E-state index contributed by atoms with van der Waals surface area (Å²) in [6.07, 6.45) is 0. The lowest BCUT2D eigenvalue weighted by molar-refractivity contribution is -0.120. The van der Waals surface area contributed by atoms with Gasteiger partial charge >= 0.3 is 5.97 Å². The van der Waals surface area contributed by atoms with Crippen LogP contribution in [0.25, 0.3) is 0 Å². The molecule has 0 aliphatic carbocycles. The van der Waals surface area contributed by atoms with Gasteiger partial charge < -0.3 is 10.1 Å². The van der Waals surface area contributed by atoms with Crippen LogP contribution in [0.4, 0.5) is 11.4 Å². The molecule has 6 nitrogen and oxygen atoms in total. The molecule has 0 radical (unpaired) electrons. The van der Waals surface area contributed by atoms with Crippen molar-refractivity contribution in [2.24, 2.45) is 0 Å². The van der Waals surface area contributed by atoms with Crippen LogP contribution in [-0.4, -0.2) is 24.4 Å². The standard InChI is InChI=1S/C19H15ClN2O4/c1-2-26-19(25)13-10-6-7-11-14(13)22-17(23)15(20)16(18(22)24)21-12-8-4-3-5-9-12/h3-11,21H,2H2,1H3. The van der Waals surface area contributed by atoms with Gasteiger partial charge in [0.2, 0.25) is 0 Å². The van der Waals surface area contributed by atoms with Crippen molar-refractivity contribution in [3.05, 3.63) is 70.9 Å². The first-order valence-electron chi connectivity index (χ1n) is 7.91. The fraction of sp³-hybridized carbons (Fsp3) is 0.105. The topological polar surface area (TPSA) is 75.7 Å². The van der Waals surface area contributed by atoms with Crippen LogP contribution in [-0.2, 0) is 14.3 Å². The van der Waals surface area contributed by atoms with E-state index < -0.39 is 17.8 Å². The van der Waals surface area contributed by atoms with Crippen molar-refractivity contribution >= 4 is 40.8 Å². The Morgan fingerprint density at radius 3 is 2.38 bits per heavy atom. The number of hydrogen-bond donors (Lipinski definition) is 1.